The van der Waals surface area contributed by atoms with E-state index in [4.69, 9.17) is 0 Å². The van der Waals surface area contributed by atoms with Gasteiger partial charge in [-0.15, -0.1) is 0 Å². The number of nitrogens with zero attached hydrogens (tertiary/aromatic N) is 2. The van der Waals surface area contributed by atoms with E-state index < -0.39 is 0 Å². The monoisotopic (exact) mass is 390 g/mol. The summed E-state index contributed by atoms with van der Waals surface area (Å²) in [5, 5.41) is 10.2. The van der Waals surface area contributed by atoms with Crippen molar-refractivity contribution < 1.29 is 14.0 Å². The van der Waals surface area contributed by atoms with Gasteiger partial charge in [-0.05, 0) is 23.8 Å². The average Bonchev–Trinajstić information content (AvgIpc) is 3.29. The van der Waals surface area contributed by atoms with E-state index in [-0.39, 0.29) is 30.1 Å². The fourth-order valence-electron chi connectivity index (χ4n) is 4.17. The maximum absolute atomic E-state index is 14.3. The second-order valence-corrected chi connectivity index (χ2v) is 7.39. The fraction of sp³-hybridized carbons (Fsp3) is 0.227. The molecule has 1 unspecified atom stereocenters. The molecule has 29 heavy (non-hydrogen) atoms. The Bertz CT molecular complexity index is 1120. The number of hydrogen-bond donors (Lipinski definition) is 2. The first-order chi connectivity index (χ1) is 14.1. The van der Waals surface area contributed by atoms with Crippen LogP contribution in [0.2, 0.25) is 0 Å². The van der Waals surface area contributed by atoms with Crippen LogP contribution in [0.5, 0.6) is 0 Å². The van der Waals surface area contributed by atoms with E-state index in [0.29, 0.717) is 36.3 Å². The third-order valence-electron chi connectivity index (χ3n) is 5.68. The van der Waals surface area contributed by atoms with Gasteiger partial charge in [-0.1, -0.05) is 30.3 Å². The molecule has 0 radical (unpaired) electrons. The third kappa shape index (κ3) is 2.99. The van der Waals surface area contributed by atoms with E-state index in [1.54, 1.807) is 29.2 Å². The number of carbonyl (C=O) groups excluding carboxylic acids is 2. The zero-order chi connectivity index (χ0) is 20.0. The highest BCUT2D eigenvalue weighted by molar-refractivity contribution is 5.99. The Hall–Kier alpha value is -3.48. The summed E-state index contributed by atoms with van der Waals surface area (Å²) in [6.07, 6.45) is 0.834. The molecule has 3 heterocycles. The van der Waals surface area contributed by atoms with Crippen molar-refractivity contribution in [2.45, 2.75) is 25.4 Å². The van der Waals surface area contributed by atoms with Crippen molar-refractivity contribution in [1.82, 2.24) is 20.4 Å². The highest BCUT2D eigenvalue weighted by Gasteiger charge is 2.32. The van der Waals surface area contributed by atoms with Crippen molar-refractivity contribution in [2.75, 3.05) is 6.54 Å². The van der Waals surface area contributed by atoms with Crippen LogP contribution in [-0.4, -0.2) is 33.5 Å². The number of aromatic amines is 1. The highest BCUT2D eigenvalue weighted by atomic mass is 19.1. The van der Waals surface area contributed by atoms with E-state index >= 15 is 0 Å². The Labute approximate surface area is 166 Å². The molecule has 5 rings (SSSR count). The SMILES string of the molecule is O=C1NC(CC(=O)N2CCc3[nH]nc(-c4ccccc4F)c3C2)c2ccccc21. The zero-order valence-corrected chi connectivity index (χ0v) is 15.6. The standard InChI is InChI=1S/C22H19FN4O2/c23-17-8-4-3-7-15(17)21-16-12-27(10-9-18(16)25-26-21)20(28)11-19-13-5-1-2-6-14(13)22(29)24-19/h1-8,19H,9-12H2,(H,24,29)(H,25,26). The Kier molecular flexibility index (Phi) is 4.16. The number of nitrogens with one attached hydrogen (secondary N) is 2. The summed E-state index contributed by atoms with van der Waals surface area (Å²) in [5.41, 5.74) is 4.26. The lowest BCUT2D eigenvalue weighted by molar-refractivity contribution is -0.132. The first-order valence-corrected chi connectivity index (χ1v) is 9.60. The molecule has 2 aromatic carbocycles. The summed E-state index contributed by atoms with van der Waals surface area (Å²) >= 11 is 0. The highest BCUT2D eigenvalue weighted by Crippen LogP contribution is 2.32. The summed E-state index contributed by atoms with van der Waals surface area (Å²) in [6, 6.07) is 13.5. The van der Waals surface area contributed by atoms with Crippen LogP contribution in [0.15, 0.2) is 48.5 Å². The maximum atomic E-state index is 14.3. The van der Waals surface area contributed by atoms with Gasteiger partial charge in [-0.25, -0.2) is 4.39 Å². The normalized spacial score (nSPS) is 17.6. The third-order valence-corrected chi connectivity index (χ3v) is 5.68. The van der Waals surface area contributed by atoms with Crippen LogP contribution in [0.25, 0.3) is 11.3 Å². The Balaban J connectivity index is 1.37. The van der Waals surface area contributed by atoms with Crippen LogP contribution in [-0.2, 0) is 17.8 Å². The van der Waals surface area contributed by atoms with E-state index in [0.717, 1.165) is 16.8 Å². The van der Waals surface area contributed by atoms with E-state index in [2.05, 4.69) is 15.5 Å². The molecule has 0 saturated carbocycles. The average molecular weight is 390 g/mol. The van der Waals surface area contributed by atoms with Gasteiger partial charge in [0, 0.05) is 41.9 Å². The second kappa shape index (κ2) is 6.84. The second-order valence-electron chi connectivity index (χ2n) is 7.39. The molecule has 0 bridgehead atoms. The van der Waals surface area contributed by atoms with Crippen LogP contribution >= 0.6 is 0 Å². The van der Waals surface area contributed by atoms with Gasteiger partial charge < -0.3 is 10.2 Å². The molecule has 2 amide bonds. The maximum Gasteiger partial charge on any atom is 0.252 e. The number of H-pyrrole nitrogens is 1. The molecule has 1 aromatic heterocycles. The fourth-order valence-corrected chi connectivity index (χ4v) is 4.17. The zero-order valence-electron chi connectivity index (χ0n) is 15.6. The Morgan fingerprint density at radius 3 is 2.72 bits per heavy atom. The molecule has 6 nitrogen and oxygen atoms in total. The molecule has 2 aliphatic rings. The molecule has 2 aliphatic heterocycles. The van der Waals surface area contributed by atoms with E-state index in [9.17, 15) is 14.0 Å². The van der Waals surface area contributed by atoms with Crippen molar-refractivity contribution >= 4 is 11.8 Å². The van der Waals surface area contributed by atoms with Crippen LogP contribution in [0.1, 0.15) is 39.6 Å². The first-order valence-electron chi connectivity index (χ1n) is 9.60. The minimum Gasteiger partial charge on any atom is -0.345 e. The van der Waals surface area contributed by atoms with Crippen molar-refractivity contribution in [3.8, 4) is 11.3 Å². The van der Waals surface area contributed by atoms with Crippen LogP contribution < -0.4 is 5.32 Å². The number of halogens is 1. The lowest BCUT2D eigenvalue weighted by Crippen LogP contribution is -2.37. The summed E-state index contributed by atoms with van der Waals surface area (Å²) in [6.45, 7) is 0.934. The van der Waals surface area contributed by atoms with Crippen LogP contribution in [0, 0.1) is 5.82 Å². The minimum atomic E-state index is -0.337. The van der Waals surface area contributed by atoms with Gasteiger partial charge in [-0.2, -0.15) is 5.10 Å². The quantitative estimate of drug-likeness (QED) is 0.722. The van der Waals surface area contributed by atoms with Gasteiger partial charge in [0.25, 0.3) is 5.91 Å². The number of benzene rings is 2. The molecule has 1 atom stereocenters. The van der Waals surface area contributed by atoms with Crippen LogP contribution in [0.3, 0.4) is 0 Å². The van der Waals surface area contributed by atoms with Crippen molar-refractivity contribution in [3.63, 3.8) is 0 Å². The van der Waals surface area contributed by atoms with E-state index in [1.165, 1.54) is 6.07 Å². The van der Waals surface area contributed by atoms with Crippen molar-refractivity contribution in [1.29, 1.82) is 0 Å². The molecule has 3 aromatic rings. The smallest absolute Gasteiger partial charge is 0.252 e. The molecule has 0 saturated heterocycles. The minimum absolute atomic E-state index is 0.0432. The van der Waals surface area contributed by atoms with Gasteiger partial charge in [0.2, 0.25) is 5.91 Å². The summed E-state index contributed by atoms with van der Waals surface area (Å²) in [4.78, 5) is 26.9. The molecule has 0 fully saturated rings. The summed E-state index contributed by atoms with van der Waals surface area (Å²) in [5.74, 6) is -0.523. The first kappa shape index (κ1) is 17.6. The van der Waals surface area contributed by atoms with Gasteiger partial charge in [0.05, 0.1) is 12.5 Å². The molecule has 7 heteroatoms. The Morgan fingerprint density at radius 2 is 1.90 bits per heavy atom. The van der Waals surface area contributed by atoms with E-state index in [1.807, 2.05) is 18.2 Å². The number of amides is 2. The summed E-state index contributed by atoms with van der Waals surface area (Å²) < 4.78 is 14.3. The molecule has 0 aliphatic carbocycles. The molecular weight excluding hydrogens is 371 g/mol. The van der Waals surface area contributed by atoms with Crippen molar-refractivity contribution in [3.05, 3.63) is 76.7 Å². The number of hydrogen-bond acceptors (Lipinski definition) is 3. The van der Waals surface area contributed by atoms with Gasteiger partial charge in [-0.3, -0.25) is 14.7 Å². The lowest BCUT2D eigenvalue weighted by Gasteiger charge is -2.28. The molecule has 0 spiro atoms. The summed E-state index contributed by atoms with van der Waals surface area (Å²) in [7, 11) is 0. The lowest BCUT2D eigenvalue weighted by atomic mass is 9.99. The van der Waals surface area contributed by atoms with Crippen molar-refractivity contribution in [2.24, 2.45) is 0 Å². The number of aromatic nitrogens is 2. The number of rotatable bonds is 3. The number of carbonyl (C=O) groups is 2. The largest absolute Gasteiger partial charge is 0.345 e. The van der Waals surface area contributed by atoms with Gasteiger partial charge in [0.15, 0.2) is 0 Å². The van der Waals surface area contributed by atoms with Gasteiger partial charge >= 0.3 is 0 Å². The van der Waals surface area contributed by atoms with Gasteiger partial charge in [0.1, 0.15) is 11.5 Å². The number of fused-ring (bicyclic) bond motifs is 2. The van der Waals surface area contributed by atoms with Crippen LogP contribution in [0.4, 0.5) is 4.39 Å². The molecule has 2 N–H and O–H groups in total. The predicted molar refractivity (Wildman–Crippen MR) is 104 cm³/mol. The Morgan fingerprint density at radius 1 is 1.14 bits per heavy atom. The predicted octanol–water partition coefficient (Wildman–Crippen LogP) is 2.98. The molecular formula is C22H19FN4O2. The topological polar surface area (TPSA) is 78.1 Å². The molecule has 146 valence electrons.